The second-order valence-corrected chi connectivity index (χ2v) is 2.81. The van der Waals surface area contributed by atoms with Gasteiger partial charge in [-0.2, -0.15) is 5.26 Å². The van der Waals surface area contributed by atoms with Crippen molar-refractivity contribution in [2.24, 2.45) is 0 Å². The molecular formula is C7H6BrN3O. The van der Waals surface area contributed by atoms with Gasteiger partial charge in [-0.25, -0.2) is 4.98 Å². The fourth-order valence-electron chi connectivity index (χ4n) is 0.714. The smallest absolute Gasteiger partial charge is 0.229 e. The number of anilines is 1. The first-order chi connectivity index (χ1) is 5.70. The Labute approximate surface area is 78.1 Å². The summed E-state index contributed by atoms with van der Waals surface area (Å²) in [5, 5.41) is 8.57. The Morgan fingerprint density at radius 3 is 2.92 bits per heavy atom. The zero-order chi connectivity index (χ0) is 9.14. The molecule has 0 aliphatic rings. The number of hydrogen-bond donors (Lipinski definition) is 1. The predicted octanol–water partition coefficient (Wildman–Crippen LogP) is 1.31. The average Bonchev–Trinajstić information content (AvgIpc) is 2.10. The molecule has 0 amide bonds. The van der Waals surface area contributed by atoms with Gasteiger partial charge in [0.05, 0.1) is 24.6 Å². The van der Waals surface area contributed by atoms with E-state index >= 15 is 0 Å². The quantitative estimate of drug-likeness (QED) is 0.786. The molecule has 0 bridgehead atoms. The zero-order valence-corrected chi connectivity index (χ0v) is 7.92. The monoisotopic (exact) mass is 227 g/mol. The number of aromatic nitrogens is 1. The molecule has 1 aromatic heterocycles. The molecule has 62 valence electrons. The molecule has 0 spiro atoms. The number of nitrogen functional groups attached to an aromatic ring is 1. The summed E-state index contributed by atoms with van der Waals surface area (Å²) in [4.78, 5) is 3.86. The van der Waals surface area contributed by atoms with Crippen LogP contribution < -0.4 is 10.5 Å². The normalized spacial score (nSPS) is 9.08. The standard InChI is InChI=1S/C7H6BrN3O/c1-12-7-5(8)6(10)4(2-9)3-11-7/h3H,1H3,(H2,10,11). The van der Waals surface area contributed by atoms with Crippen LogP contribution in [0.1, 0.15) is 5.56 Å². The van der Waals surface area contributed by atoms with Gasteiger partial charge in [-0.1, -0.05) is 0 Å². The van der Waals surface area contributed by atoms with Gasteiger partial charge < -0.3 is 10.5 Å². The first kappa shape index (κ1) is 8.81. The molecule has 5 heteroatoms. The van der Waals surface area contributed by atoms with Gasteiger partial charge in [0.25, 0.3) is 0 Å². The van der Waals surface area contributed by atoms with Crippen molar-refractivity contribution in [1.29, 1.82) is 5.26 Å². The van der Waals surface area contributed by atoms with Gasteiger partial charge in [0.2, 0.25) is 5.88 Å². The Bertz CT molecular complexity index is 345. The molecule has 0 fully saturated rings. The van der Waals surface area contributed by atoms with E-state index in [1.165, 1.54) is 13.3 Å². The van der Waals surface area contributed by atoms with E-state index in [1.54, 1.807) is 0 Å². The molecule has 12 heavy (non-hydrogen) atoms. The van der Waals surface area contributed by atoms with Crippen LogP contribution in [0.25, 0.3) is 0 Å². The number of nitrogens with two attached hydrogens (primary N) is 1. The van der Waals surface area contributed by atoms with E-state index in [-0.39, 0.29) is 0 Å². The van der Waals surface area contributed by atoms with E-state index in [9.17, 15) is 0 Å². The SMILES string of the molecule is COc1ncc(C#N)c(N)c1Br. The number of hydrogen-bond acceptors (Lipinski definition) is 4. The third-order valence-corrected chi connectivity index (χ3v) is 2.11. The molecule has 1 aromatic rings. The summed E-state index contributed by atoms with van der Waals surface area (Å²) in [5.74, 6) is 0.381. The number of pyridine rings is 1. The lowest BCUT2D eigenvalue weighted by Gasteiger charge is -2.04. The van der Waals surface area contributed by atoms with Crippen LogP contribution in [0.2, 0.25) is 0 Å². The predicted molar refractivity (Wildman–Crippen MR) is 47.6 cm³/mol. The lowest BCUT2D eigenvalue weighted by atomic mass is 10.2. The molecule has 2 N–H and O–H groups in total. The van der Waals surface area contributed by atoms with Crippen LogP contribution >= 0.6 is 15.9 Å². The van der Waals surface area contributed by atoms with Gasteiger partial charge in [-0.3, -0.25) is 0 Å². The number of nitrogens with zero attached hydrogens (tertiary/aromatic N) is 2. The minimum atomic E-state index is 0.336. The first-order valence-corrected chi connectivity index (χ1v) is 3.88. The van der Waals surface area contributed by atoms with Crippen LogP contribution in [0.15, 0.2) is 10.7 Å². The molecule has 1 rings (SSSR count). The van der Waals surface area contributed by atoms with E-state index in [0.717, 1.165) is 0 Å². The van der Waals surface area contributed by atoms with Gasteiger partial charge in [0, 0.05) is 0 Å². The van der Waals surface area contributed by atoms with Crippen molar-refractivity contribution in [3.8, 4) is 11.9 Å². The van der Waals surface area contributed by atoms with Gasteiger partial charge >= 0.3 is 0 Å². The van der Waals surface area contributed by atoms with E-state index in [1.807, 2.05) is 6.07 Å². The number of ether oxygens (including phenoxy) is 1. The van der Waals surface area contributed by atoms with Crippen molar-refractivity contribution in [1.82, 2.24) is 4.98 Å². The highest BCUT2D eigenvalue weighted by Crippen LogP contribution is 2.30. The Morgan fingerprint density at radius 2 is 2.42 bits per heavy atom. The second-order valence-electron chi connectivity index (χ2n) is 2.02. The highest BCUT2D eigenvalue weighted by atomic mass is 79.9. The second kappa shape index (κ2) is 3.41. The zero-order valence-electron chi connectivity index (χ0n) is 6.34. The molecule has 0 aliphatic carbocycles. The molecule has 0 atom stereocenters. The van der Waals surface area contributed by atoms with Crippen LogP contribution in [0, 0.1) is 11.3 Å². The van der Waals surface area contributed by atoms with E-state index < -0.39 is 0 Å². The Hall–Kier alpha value is -1.28. The van der Waals surface area contributed by atoms with E-state index in [0.29, 0.717) is 21.6 Å². The van der Waals surface area contributed by atoms with Gasteiger partial charge in [-0.05, 0) is 15.9 Å². The van der Waals surface area contributed by atoms with Crippen LogP contribution in [0.4, 0.5) is 5.69 Å². The van der Waals surface area contributed by atoms with Crippen molar-refractivity contribution in [3.05, 3.63) is 16.2 Å². The number of rotatable bonds is 1. The van der Waals surface area contributed by atoms with Gasteiger partial charge in [-0.15, -0.1) is 0 Å². The third-order valence-electron chi connectivity index (χ3n) is 1.34. The fraction of sp³-hybridized carbons (Fsp3) is 0.143. The topological polar surface area (TPSA) is 71.9 Å². The maximum Gasteiger partial charge on any atom is 0.229 e. The van der Waals surface area contributed by atoms with E-state index in [2.05, 4.69) is 20.9 Å². The van der Waals surface area contributed by atoms with Gasteiger partial charge in [0.15, 0.2) is 0 Å². The summed E-state index contributed by atoms with van der Waals surface area (Å²) in [7, 11) is 1.48. The lowest BCUT2D eigenvalue weighted by Crippen LogP contribution is -1.97. The number of nitriles is 1. The molecule has 4 nitrogen and oxygen atoms in total. The summed E-state index contributed by atoms with van der Waals surface area (Å²) >= 11 is 3.17. The van der Waals surface area contributed by atoms with Gasteiger partial charge in [0.1, 0.15) is 10.5 Å². The van der Waals surface area contributed by atoms with Crippen LogP contribution in [-0.2, 0) is 0 Å². The average molecular weight is 228 g/mol. The molecule has 0 aromatic carbocycles. The Balaban J connectivity index is 3.32. The third kappa shape index (κ3) is 1.34. The fourth-order valence-corrected chi connectivity index (χ4v) is 1.19. The summed E-state index contributed by atoms with van der Waals surface area (Å²) in [6.07, 6.45) is 1.37. The highest BCUT2D eigenvalue weighted by molar-refractivity contribution is 9.10. The summed E-state index contributed by atoms with van der Waals surface area (Å²) in [5.41, 5.74) is 6.27. The molecular weight excluding hydrogens is 222 g/mol. The van der Waals surface area contributed by atoms with Crippen LogP contribution in [-0.4, -0.2) is 12.1 Å². The Morgan fingerprint density at radius 1 is 1.75 bits per heavy atom. The number of halogens is 1. The number of methoxy groups -OCH3 is 1. The van der Waals surface area contributed by atoms with Crippen molar-refractivity contribution in [3.63, 3.8) is 0 Å². The van der Waals surface area contributed by atoms with Crippen molar-refractivity contribution < 1.29 is 4.74 Å². The molecule has 0 aliphatic heterocycles. The highest BCUT2D eigenvalue weighted by Gasteiger charge is 2.09. The molecule has 1 heterocycles. The minimum Gasteiger partial charge on any atom is -0.480 e. The maximum atomic E-state index is 8.57. The molecule has 0 saturated heterocycles. The molecule has 0 saturated carbocycles. The van der Waals surface area contributed by atoms with Crippen LogP contribution in [0.5, 0.6) is 5.88 Å². The van der Waals surface area contributed by atoms with Crippen molar-refractivity contribution in [2.45, 2.75) is 0 Å². The summed E-state index contributed by atoms with van der Waals surface area (Å²) in [6.45, 7) is 0. The molecule has 0 radical (unpaired) electrons. The Kier molecular flexibility index (Phi) is 2.51. The summed E-state index contributed by atoms with van der Waals surface area (Å²) < 4.78 is 5.40. The molecule has 0 unspecified atom stereocenters. The minimum absolute atomic E-state index is 0.336. The maximum absolute atomic E-state index is 8.57. The largest absolute Gasteiger partial charge is 0.480 e. The van der Waals surface area contributed by atoms with E-state index in [4.69, 9.17) is 15.7 Å². The first-order valence-electron chi connectivity index (χ1n) is 3.08. The van der Waals surface area contributed by atoms with Crippen molar-refractivity contribution >= 4 is 21.6 Å². The lowest BCUT2D eigenvalue weighted by molar-refractivity contribution is 0.395. The van der Waals surface area contributed by atoms with Crippen LogP contribution in [0.3, 0.4) is 0 Å². The van der Waals surface area contributed by atoms with Crippen molar-refractivity contribution in [2.75, 3.05) is 12.8 Å². The summed E-state index contributed by atoms with van der Waals surface area (Å²) in [6, 6.07) is 1.91.